The number of anilines is 1. The van der Waals surface area contributed by atoms with E-state index in [9.17, 15) is 13.2 Å². The summed E-state index contributed by atoms with van der Waals surface area (Å²) in [7, 11) is -2.68. The Labute approximate surface area is 114 Å². The van der Waals surface area contributed by atoms with Gasteiger partial charge in [0, 0.05) is 0 Å². The molecule has 2 rings (SSSR count). The molecule has 1 heterocycles. The molecule has 0 bridgehead atoms. The fourth-order valence-corrected chi connectivity index (χ4v) is 2.00. The Hall–Kier alpha value is -2.46. The highest BCUT2D eigenvalue weighted by Crippen LogP contribution is 2.20. The number of carbonyl (C=O) groups is 1. The molecule has 2 aromatic rings. The van der Waals surface area contributed by atoms with Crippen LogP contribution in [0, 0.1) is 0 Å². The molecule has 0 fully saturated rings. The highest BCUT2D eigenvalue weighted by molar-refractivity contribution is 7.89. The number of benzene rings is 1. The van der Waals surface area contributed by atoms with Gasteiger partial charge < -0.3 is 10.5 Å². The van der Waals surface area contributed by atoms with E-state index in [1.54, 1.807) is 0 Å². The van der Waals surface area contributed by atoms with E-state index in [4.69, 9.17) is 10.9 Å². The van der Waals surface area contributed by atoms with Crippen LogP contribution in [0.3, 0.4) is 0 Å². The summed E-state index contributed by atoms with van der Waals surface area (Å²) in [4.78, 5) is 14.9. The number of sulfonamides is 1. The lowest BCUT2D eigenvalue weighted by Crippen LogP contribution is -2.13. The smallest absolute Gasteiger partial charge is 0.377 e. The molecule has 4 N–H and O–H groups in total. The van der Waals surface area contributed by atoms with Gasteiger partial charge in [0.05, 0.1) is 23.4 Å². The predicted octanol–water partition coefficient (Wildman–Crippen LogP) is -0.716. The zero-order valence-corrected chi connectivity index (χ0v) is 11.2. The van der Waals surface area contributed by atoms with E-state index in [1.807, 2.05) is 0 Å². The molecule has 1 aromatic heterocycles. The van der Waals surface area contributed by atoms with Gasteiger partial charge in [0.15, 0.2) is 0 Å². The molecular formula is C10H11N5O4S. The van der Waals surface area contributed by atoms with Crippen molar-refractivity contribution in [3.05, 3.63) is 30.4 Å². The van der Waals surface area contributed by atoms with Crippen molar-refractivity contribution < 1.29 is 17.9 Å². The summed E-state index contributed by atoms with van der Waals surface area (Å²) < 4.78 is 28.2. The maximum atomic E-state index is 11.3. The first kappa shape index (κ1) is 14.0. The maximum Gasteiger partial charge on any atom is 0.377 e. The summed E-state index contributed by atoms with van der Waals surface area (Å²) in [5, 5.41) is 8.89. The van der Waals surface area contributed by atoms with E-state index in [0.717, 1.165) is 4.68 Å². The fraction of sp³-hybridized carbons (Fsp3) is 0.100. The van der Waals surface area contributed by atoms with Gasteiger partial charge in [0.2, 0.25) is 10.0 Å². The number of rotatable bonds is 3. The number of primary sulfonamides is 1. The lowest BCUT2D eigenvalue weighted by molar-refractivity contribution is 0.0587. The summed E-state index contributed by atoms with van der Waals surface area (Å²) in [6.45, 7) is 0. The normalized spacial score (nSPS) is 11.3. The zero-order chi connectivity index (χ0) is 14.9. The number of aromatic nitrogens is 3. The van der Waals surface area contributed by atoms with E-state index < -0.39 is 16.0 Å². The lowest BCUT2D eigenvalue weighted by atomic mass is 10.3. The Morgan fingerprint density at radius 1 is 1.40 bits per heavy atom. The van der Waals surface area contributed by atoms with Crippen LogP contribution in [0.15, 0.2) is 29.4 Å². The number of esters is 1. The van der Waals surface area contributed by atoms with Gasteiger partial charge in [-0.25, -0.2) is 28.0 Å². The molecule has 0 spiro atoms. The third kappa shape index (κ3) is 2.60. The first-order chi connectivity index (χ1) is 9.32. The van der Waals surface area contributed by atoms with Crippen LogP contribution in [0.2, 0.25) is 0 Å². The molecule has 0 aliphatic heterocycles. The molecule has 9 nitrogen and oxygen atoms in total. The summed E-state index contributed by atoms with van der Waals surface area (Å²) in [6.07, 6.45) is 1.21. The standard InChI is InChI=1S/C10H11N5O4S/c1-19-10(16)9-13-5-15(14-9)8-4-6(20(12,17)18)2-3-7(8)11/h2-5H,11H2,1H3,(H2,12,17,18). The Bertz CT molecular complexity index is 768. The molecule has 0 atom stereocenters. The van der Waals surface area contributed by atoms with Crippen molar-refractivity contribution in [1.82, 2.24) is 14.8 Å². The van der Waals surface area contributed by atoms with Crippen LogP contribution in [0.5, 0.6) is 0 Å². The topological polar surface area (TPSA) is 143 Å². The van der Waals surface area contributed by atoms with Crippen LogP contribution in [0.25, 0.3) is 5.69 Å². The molecule has 0 aliphatic carbocycles. The number of nitrogens with two attached hydrogens (primary N) is 2. The van der Waals surface area contributed by atoms with E-state index in [-0.39, 0.29) is 22.1 Å². The van der Waals surface area contributed by atoms with Crippen LogP contribution in [0.4, 0.5) is 5.69 Å². The second kappa shape index (κ2) is 4.90. The molecule has 0 saturated carbocycles. The molecule has 0 aliphatic rings. The molecular weight excluding hydrogens is 286 g/mol. The van der Waals surface area contributed by atoms with Crippen molar-refractivity contribution in [2.24, 2.45) is 5.14 Å². The van der Waals surface area contributed by atoms with Gasteiger partial charge in [-0.2, -0.15) is 0 Å². The molecule has 0 unspecified atom stereocenters. The van der Waals surface area contributed by atoms with Gasteiger partial charge in [-0.1, -0.05) is 0 Å². The summed E-state index contributed by atoms with van der Waals surface area (Å²) in [6, 6.07) is 3.88. The minimum atomic E-state index is -3.87. The van der Waals surface area contributed by atoms with Gasteiger partial charge >= 0.3 is 5.97 Å². The number of hydrogen-bond donors (Lipinski definition) is 2. The van der Waals surface area contributed by atoms with Gasteiger partial charge in [-0.3, -0.25) is 0 Å². The number of methoxy groups -OCH3 is 1. The first-order valence-corrected chi connectivity index (χ1v) is 6.80. The molecule has 0 radical (unpaired) electrons. The van der Waals surface area contributed by atoms with Gasteiger partial charge in [-0.15, -0.1) is 5.10 Å². The highest BCUT2D eigenvalue weighted by atomic mass is 32.2. The van der Waals surface area contributed by atoms with E-state index >= 15 is 0 Å². The summed E-state index contributed by atoms with van der Waals surface area (Å²) >= 11 is 0. The lowest BCUT2D eigenvalue weighted by Gasteiger charge is -2.06. The van der Waals surface area contributed by atoms with E-state index in [2.05, 4.69) is 14.8 Å². The van der Waals surface area contributed by atoms with Crippen molar-refractivity contribution >= 4 is 21.7 Å². The Kier molecular flexibility index (Phi) is 3.42. The Balaban J connectivity index is 2.52. The number of hydrogen-bond acceptors (Lipinski definition) is 7. The molecule has 10 heteroatoms. The van der Waals surface area contributed by atoms with Crippen LogP contribution in [-0.4, -0.2) is 36.3 Å². The molecule has 0 amide bonds. The predicted molar refractivity (Wildman–Crippen MR) is 68.5 cm³/mol. The van der Waals surface area contributed by atoms with Crippen molar-refractivity contribution in [3.63, 3.8) is 0 Å². The molecule has 106 valence electrons. The number of nitrogen functional groups attached to an aromatic ring is 1. The average molecular weight is 297 g/mol. The van der Waals surface area contributed by atoms with Crippen molar-refractivity contribution in [2.75, 3.05) is 12.8 Å². The summed E-state index contributed by atoms with van der Waals surface area (Å²) in [5.74, 6) is -0.891. The third-order valence-electron chi connectivity index (χ3n) is 2.44. The third-order valence-corrected chi connectivity index (χ3v) is 3.35. The van der Waals surface area contributed by atoms with Crippen molar-refractivity contribution in [3.8, 4) is 5.69 Å². The quantitative estimate of drug-likeness (QED) is 0.562. The Morgan fingerprint density at radius 2 is 2.10 bits per heavy atom. The van der Waals surface area contributed by atoms with Crippen LogP contribution in [0.1, 0.15) is 10.6 Å². The highest BCUT2D eigenvalue weighted by Gasteiger charge is 2.15. The molecule has 0 saturated heterocycles. The van der Waals surface area contributed by atoms with E-state index in [0.29, 0.717) is 0 Å². The SMILES string of the molecule is COC(=O)c1ncn(-c2cc(S(N)(=O)=O)ccc2N)n1. The molecule has 1 aromatic carbocycles. The maximum absolute atomic E-state index is 11.3. The first-order valence-electron chi connectivity index (χ1n) is 5.25. The second-order valence-corrected chi connectivity index (χ2v) is 5.33. The Morgan fingerprint density at radius 3 is 2.70 bits per heavy atom. The van der Waals surface area contributed by atoms with E-state index in [1.165, 1.54) is 31.6 Å². The largest absolute Gasteiger partial charge is 0.463 e. The zero-order valence-electron chi connectivity index (χ0n) is 10.3. The average Bonchev–Trinajstić information content (AvgIpc) is 2.86. The van der Waals surface area contributed by atoms with Gasteiger partial charge in [0.25, 0.3) is 5.82 Å². The van der Waals surface area contributed by atoms with Crippen molar-refractivity contribution in [2.45, 2.75) is 4.90 Å². The van der Waals surface area contributed by atoms with Crippen LogP contribution >= 0.6 is 0 Å². The monoisotopic (exact) mass is 297 g/mol. The van der Waals surface area contributed by atoms with Crippen molar-refractivity contribution in [1.29, 1.82) is 0 Å². The fourth-order valence-electron chi connectivity index (χ4n) is 1.46. The molecule has 20 heavy (non-hydrogen) atoms. The van der Waals surface area contributed by atoms with Gasteiger partial charge in [0.1, 0.15) is 6.33 Å². The van der Waals surface area contributed by atoms with Crippen LogP contribution < -0.4 is 10.9 Å². The number of ether oxygens (including phenoxy) is 1. The number of nitrogens with zero attached hydrogens (tertiary/aromatic N) is 3. The van der Waals surface area contributed by atoms with Gasteiger partial charge in [-0.05, 0) is 18.2 Å². The summed E-state index contributed by atoms with van der Waals surface area (Å²) in [5.41, 5.74) is 6.23. The number of carbonyl (C=O) groups excluding carboxylic acids is 1. The van der Waals surface area contributed by atoms with Crippen LogP contribution in [-0.2, 0) is 14.8 Å². The second-order valence-electron chi connectivity index (χ2n) is 3.77. The minimum Gasteiger partial charge on any atom is -0.463 e. The minimum absolute atomic E-state index is 0.128.